The predicted octanol–water partition coefficient (Wildman–Crippen LogP) is 2.88. The molecule has 1 fully saturated rings. The molecule has 3 N–H and O–H groups in total. The van der Waals surface area contributed by atoms with Crippen molar-refractivity contribution in [3.05, 3.63) is 41.9 Å². The molecular formula is C24H28N8O3. The molecule has 3 heterocycles. The Kier molecular flexibility index (Phi) is 7.10. The first-order valence-electron chi connectivity index (χ1n) is 11.5. The highest BCUT2D eigenvalue weighted by molar-refractivity contribution is 6.00. The molecule has 35 heavy (non-hydrogen) atoms. The monoisotopic (exact) mass is 476 g/mol. The lowest BCUT2D eigenvalue weighted by molar-refractivity contribution is 0.0923. The van der Waals surface area contributed by atoms with E-state index in [0.29, 0.717) is 33.8 Å². The molecule has 0 spiro atoms. The lowest BCUT2D eigenvalue weighted by Gasteiger charge is -2.29. The van der Waals surface area contributed by atoms with Gasteiger partial charge in [0.1, 0.15) is 11.8 Å². The van der Waals surface area contributed by atoms with Crippen molar-refractivity contribution in [2.45, 2.75) is 57.7 Å². The van der Waals surface area contributed by atoms with Gasteiger partial charge in [0.15, 0.2) is 5.65 Å². The van der Waals surface area contributed by atoms with Gasteiger partial charge < -0.3 is 20.7 Å². The van der Waals surface area contributed by atoms with Gasteiger partial charge in [-0.05, 0) is 45.6 Å². The summed E-state index contributed by atoms with van der Waals surface area (Å²) < 4.78 is 6.28. The maximum atomic E-state index is 13.2. The highest BCUT2D eigenvalue weighted by atomic mass is 16.5. The first kappa shape index (κ1) is 23.9. The van der Waals surface area contributed by atoms with Gasteiger partial charge in [-0.1, -0.05) is 0 Å². The molecule has 0 aliphatic heterocycles. The van der Waals surface area contributed by atoms with Crippen molar-refractivity contribution in [1.82, 2.24) is 30.2 Å². The average Bonchev–Trinajstić information content (AvgIpc) is 3.27. The van der Waals surface area contributed by atoms with Crippen LogP contribution in [0.25, 0.3) is 17.0 Å². The van der Waals surface area contributed by atoms with E-state index >= 15 is 0 Å². The number of ether oxygens (including phenoxy) is 1. The van der Waals surface area contributed by atoms with Crippen molar-refractivity contribution in [2.24, 2.45) is 0 Å². The summed E-state index contributed by atoms with van der Waals surface area (Å²) in [6.45, 7) is 3.99. The number of hydrogen-bond donors (Lipinski definition) is 3. The minimum atomic E-state index is -0.431. The molecule has 0 aromatic carbocycles. The number of nitriles is 1. The summed E-state index contributed by atoms with van der Waals surface area (Å²) in [6.07, 6.45) is 7.30. The SMILES string of the molecule is COC(=O)NC1CCC(NC(=O)c2cnc(-c3cnc4cc(C#N)cnn34)cc2NC(C)C)CC1. The topological polar surface area (TPSA) is 146 Å². The smallest absolute Gasteiger partial charge is 0.407 e. The standard InChI is InChI=1S/C24H28N8O3/c1-14(2)29-19-9-20(21-13-27-22-8-15(10-25)11-28-32(21)22)26-12-18(19)23(33)30-16-4-6-17(7-5-16)31-24(34)35-3/h8-9,11-14,16-17H,4-7H2,1-3H3,(H,26,29)(H,30,33)(H,31,34). The summed E-state index contributed by atoms with van der Waals surface area (Å²) in [5, 5.41) is 22.7. The van der Waals surface area contributed by atoms with Gasteiger partial charge in [-0.25, -0.2) is 14.3 Å². The number of carbonyl (C=O) groups is 2. The van der Waals surface area contributed by atoms with Gasteiger partial charge in [-0.3, -0.25) is 9.78 Å². The van der Waals surface area contributed by atoms with Gasteiger partial charge in [0.2, 0.25) is 0 Å². The molecule has 3 aromatic heterocycles. The number of imidazole rings is 1. The van der Waals surface area contributed by atoms with Crippen LogP contribution in [0.15, 0.2) is 30.7 Å². The van der Waals surface area contributed by atoms with Crippen molar-refractivity contribution in [3.8, 4) is 17.5 Å². The van der Waals surface area contributed by atoms with Crippen molar-refractivity contribution < 1.29 is 14.3 Å². The third-order valence-corrected chi connectivity index (χ3v) is 5.92. The molecule has 0 saturated heterocycles. The number of nitrogens with zero attached hydrogens (tertiary/aromatic N) is 5. The van der Waals surface area contributed by atoms with Crippen LogP contribution in [0.2, 0.25) is 0 Å². The third-order valence-electron chi connectivity index (χ3n) is 5.92. The number of amides is 2. The Balaban J connectivity index is 1.52. The lowest BCUT2D eigenvalue weighted by Crippen LogP contribution is -2.43. The van der Waals surface area contributed by atoms with Gasteiger partial charge in [0.25, 0.3) is 5.91 Å². The average molecular weight is 477 g/mol. The van der Waals surface area contributed by atoms with E-state index in [9.17, 15) is 9.59 Å². The molecule has 4 rings (SSSR count). The summed E-state index contributed by atoms with van der Waals surface area (Å²) >= 11 is 0. The Morgan fingerprint density at radius 3 is 2.46 bits per heavy atom. The Hall–Kier alpha value is -4.20. The largest absolute Gasteiger partial charge is 0.453 e. The van der Waals surface area contributed by atoms with Gasteiger partial charge in [-0.2, -0.15) is 10.4 Å². The number of methoxy groups -OCH3 is 1. The van der Waals surface area contributed by atoms with E-state index in [4.69, 9.17) is 5.26 Å². The zero-order valence-corrected chi connectivity index (χ0v) is 19.9. The number of aromatic nitrogens is 4. The molecule has 0 unspecified atom stereocenters. The third kappa shape index (κ3) is 5.48. The van der Waals surface area contributed by atoms with Crippen LogP contribution in [0.5, 0.6) is 0 Å². The van der Waals surface area contributed by atoms with Gasteiger partial charge >= 0.3 is 6.09 Å². The van der Waals surface area contributed by atoms with E-state index in [1.165, 1.54) is 13.3 Å². The molecule has 3 aromatic rings. The Bertz CT molecular complexity index is 1270. The normalized spacial score (nSPS) is 17.6. The maximum absolute atomic E-state index is 13.2. The predicted molar refractivity (Wildman–Crippen MR) is 129 cm³/mol. The first-order chi connectivity index (χ1) is 16.9. The van der Waals surface area contributed by atoms with Crippen LogP contribution in [0.3, 0.4) is 0 Å². The van der Waals surface area contributed by atoms with E-state index in [-0.39, 0.29) is 24.0 Å². The van der Waals surface area contributed by atoms with Crippen molar-refractivity contribution in [2.75, 3.05) is 12.4 Å². The van der Waals surface area contributed by atoms with Crippen LogP contribution in [-0.2, 0) is 4.74 Å². The van der Waals surface area contributed by atoms with Crippen LogP contribution in [-0.4, -0.2) is 56.8 Å². The van der Waals surface area contributed by atoms with E-state index in [1.54, 1.807) is 23.0 Å². The Labute approximate surface area is 202 Å². The number of rotatable bonds is 6. The van der Waals surface area contributed by atoms with Crippen LogP contribution in [0, 0.1) is 11.3 Å². The molecule has 182 valence electrons. The second-order valence-electron chi connectivity index (χ2n) is 8.84. The molecule has 0 radical (unpaired) electrons. The second kappa shape index (κ2) is 10.4. The summed E-state index contributed by atoms with van der Waals surface area (Å²) in [4.78, 5) is 33.4. The maximum Gasteiger partial charge on any atom is 0.407 e. The molecule has 1 aliphatic rings. The Morgan fingerprint density at radius 1 is 1.09 bits per heavy atom. The van der Waals surface area contributed by atoms with E-state index in [2.05, 4.69) is 41.8 Å². The highest BCUT2D eigenvalue weighted by Gasteiger charge is 2.25. The van der Waals surface area contributed by atoms with Crippen molar-refractivity contribution in [1.29, 1.82) is 5.26 Å². The fraction of sp³-hybridized carbons (Fsp3) is 0.417. The van der Waals surface area contributed by atoms with Crippen LogP contribution in [0.1, 0.15) is 55.5 Å². The number of fused-ring (bicyclic) bond motifs is 1. The summed E-state index contributed by atoms with van der Waals surface area (Å²) in [5.41, 5.74) is 3.33. The number of hydrogen-bond acceptors (Lipinski definition) is 8. The number of carbonyl (C=O) groups excluding carboxylic acids is 2. The number of pyridine rings is 1. The van der Waals surface area contributed by atoms with Gasteiger partial charge in [0, 0.05) is 30.4 Å². The second-order valence-corrected chi connectivity index (χ2v) is 8.84. The molecule has 0 bridgehead atoms. The first-order valence-corrected chi connectivity index (χ1v) is 11.5. The van der Waals surface area contributed by atoms with Gasteiger partial charge in [-0.15, -0.1) is 0 Å². The van der Waals surface area contributed by atoms with E-state index in [1.807, 2.05) is 19.9 Å². The minimum absolute atomic E-state index is 0.0158. The number of nitrogens with one attached hydrogen (secondary N) is 3. The Morgan fingerprint density at radius 2 is 1.80 bits per heavy atom. The van der Waals surface area contributed by atoms with Crippen molar-refractivity contribution in [3.63, 3.8) is 0 Å². The molecule has 1 aliphatic carbocycles. The zero-order valence-electron chi connectivity index (χ0n) is 19.9. The van der Waals surface area contributed by atoms with Crippen LogP contribution >= 0.6 is 0 Å². The van der Waals surface area contributed by atoms with Crippen LogP contribution in [0.4, 0.5) is 10.5 Å². The molecule has 11 heteroatoms. The van der Waals surface area contributed by atoms with E-state index < -0.39 is 6.09 Å². The molecule has 0 atom stereocenters. The quantitative estimate of drug-likeness (QED) is 0.492. The van der Waals surface area contributed by atoms with Crippen LogP contribution < -0.4 is 16.0 Å². The fourth-order valence-corrected chi connectivity index (χ4v) is 4.19. The fourth-order valence-electron chi connectivity index (χ4n) is 4.19. The van der Waals surface area contributed by atoms with Crippen molar-refractivity contribution >= 4 is 23.3 Å². The summed E-state index contributed by atoms with van der Waals surface area (Å²) in [6, 6.07) is 5.69. The molecule has 1 saturated carbocycles. The number of anilines is 1. The summed E-state index contributed by atoms with van der Waals surface area (Å²) in [7, 11) is 1.35. The minimum Gasteiger partial charge on any atom is -0.453 e. The molecular weight excluding hydrogens is 448 g/mol. The van der Waals surface area contributed by atoms with E-state index in [0.717, 1.165) is 25.7 Å². The molecule has 2 amide bonds. The molecule has 11 nitrogen and oxygen atoms in total. The number of alkyl carbamates (subject to hydrolysis) is 1. The lowest BCUT2D eigenvalue weighted by atomic mass is 9.91. The highest BCUT2D eigenvalue weighted by Crippen LogP contribution is 2.26. The van der Waals surface area contributed by atoms with Gasteiger partial charge in [0.05, 0.1) is 42.0 Å². The summed E-state index contributed by atoms with van der Waals surface area (Å²) in [5.74, 6) is -0.202. The zero-order chi connectivity index (χ0) is 24.9.